The first-order chi connectivity index (χ1) is 11.6. The first-order valence-electron chi connectivity index (χ1n) is 8.20. The summed E-state index contributed by atoms with van der Waals surface area (Å²) in [5, 5.41) is 6.14. The highest BCUT2D eigenvalue weighted by molar-refractivity contribution is 5.94. The quantitative estimate of drug-likeness (QED) is 0.779. The summed E-state index contributed by atoms with van der Waals surface area (Å²) in [7, 11) is 1.66. The van der Waals surface area contributed by atoms with Gasteiger partial charge in [-0.1, -0.05) is 32.0 Å². The van der Waals surface area contributed by atoms with Crippen molar-refractivity contribution in [2.24, 2.45) is 5.92 Å². The SMILES string of the molecule is COc1ccccc1CNc1ccc(C(=O)NCCC(C)C)cn1. The fourth-order valence-corrected chi connectivity index (χ4v) is 2.24. The van der Waals surface area contributed by atoms with Crippen LogP contribution in [0, 0.1) is 5.92 Å². The predicted molar refractivity (Wildman–Crippen MR) is 96.3 cm³/mol. The van der Waals surface area contributed by atoms with E-state index < -0.39 is 0 Å². The number of methoxy groups -OCH3 is 1. The van der Waals surface area contributed by atoms with Crippen LogP contribution in [0.2, 0.25) is 0 Å². The predicted octanol–water partition coefficient (Wildman–Crippen LogP) is 3.48. The zero-order valence-corrected chi connectivity index (χ0v) is 14.5. The number of rotatable bonds is 8. The number of benzene rings is 1. The lowest BCUT2D eigenvalue weighted by atomic mass is 10.1. The monoisotopic (exact) mass is 327 g/mol. The van der Waals surface area contributed by atoms with Crippen molar-refractivity contribution in [3.05, 3.63) is 53.7 Å². The Bertz CT molecular complexity index is 654. The molecule has 1 amide bonds. The van der Waals surface area contributed by atoms with Gasteiger partial charge < -0.3 is 15.4 Å². The highest BCUT2D eigenvalue weighted by atomic mass is 16.5. The van der Waals surface area contributed by atoms with E-state index in [2.05, 4.69) is 29.5 Å². The normalized spacial score (nSPS) is 10.5. The van der Waals surface area contributed by atoms with E-state index in [1.807, 2.05) is 30.3 Å². The van der Waals surface area contributed by atoms with Crippen molar-refractivity contribution in [1.29, 1.82) is 0 Å². The molecule has 5 nitrogen and oxygen atoms in total. The van der Waals surface area contributed by atoms with Crippen LogP contribution in [0.5, 0.6) is 5.75 Å². The van der Waals surface area contributed by atoms with Gasteiger partial charge in [-0.05, 0) is 30.5 Å². The number of hydrogen-bond acceptors (Lipinski definition) is 4. The van der Waals surface area contributed by atoms with Crippen LogP contribution >= 0.6 is 0 Å². The lowest BCUT2D eigenvalue weighted by Crippen LogP contribution is -2.25. The average molecular weight is 327 g/mol. The molecule has 0 atom stereocenters. The van der Waals surface area contributed by atoms with E-state index in [-0.39, 0.29) is 5.91 Å². The lowest BCUT2D eigenvalue weighted by molar-refractivity contribution is 0.0951. The van der Waals surface area contributed by atoms with Crippen LogP contribution in [-0.2, 0) is 6.54 Å². The molecular weight excluding hydrogens is 302 g/mol. The average Bonchev–Trinajstić information content (AvgIpc) is 2.60. The van der Waals surface area contributed by atoms with Gasteiger partial charge in [-0.15, -0.1) is 0 Å². The van der Waals surface area contributed by atoms with Gasteiger partial charge in [0.05, 0.1) is 12.7 Å². The van der Waals surface area contributed by atoms with Crippen LogP contribution in [0.25, 0.3) is 0 Å². The molecule has 0 fully saturated rings. The minimum atomic E-state index is -0.0839. The Morgan fingerprint density at radius 2 is 2.00 bits per heavy atom. The molecule has 0 aliphatic heterocycles. The number of carbonyl (C=O) groups excluding carboxylic acids is 1. The minimum absolute atomic E-state index is 0.0839. The molecule has 5 heteroatoms. The summed E-state index contributed by atoms with van der Waals surface area (Å²) in [6, 6.07) is 11.4. The van der Waals surface area contributed by atoms with Gasteiger partial charge in [0.2, 0.25) is 0 Å². The lowest BCUT2D eigenvalue weighted by Gasteiger charge is -2.10. The number of pyridine rings is 1. The summed E-state index contributed by atoms with van der Waals surface area (Å²) in [4.78, 5) is 16.3. The van der Waals surface area contributed by atoms with Crippen LogP contribution in [0.1, 0.15) is 36.2 Å². The fourth-order valence-electron chi connectivity index (χ4n) is 2.24. The third-order valence-corrected chi connectivity index (χ3v) is 3.69. The molecule has 0 radical (unpaired) electrons. The van der Waals surface area contributed by atoms with Gasteiger partial charge >= 0.3 is 0 Å². The second kappa shape index (κ2) is 8.91. The first kappa shape index (κ1) is 17.8. The highest BCUT2D eigenvalue weighted by Gasteiger charge is 2.07. The maximum absolute atomic E-state index is 12.0. The van der Waals surface area contributed by atoms with Gasteiger partial charge in [0, 0.05) is 24.8 Å². The Morgan fingerprint density at radius 3 is 2.67 bits per heavy atom. The van der Waals surface area contributed by atoms with Crippen molar-refractivity contribution in [2.45, 2.75) is 26.8 Å². The Balaban J connectivity index is 1.89. The molecule has 2 rings (SSSR count). The second-order valence-electron chi connectivity index (χ2n) is 6.04. The maximum Gasteiger partial charge on any atom is 0.252 e. The minimum Gasteiger partial charge on any atom is -0.496 e. The number of amides is 1. The number of anilines is 1. The molecule has 24 heavy (non-hydrogen) atoms. The second-order valence-corrected chi connectivity index (χ2v) is 6.04. The Kier molecular flexibility index (Phi) is 6.61. The van der Waals surface area contributed by atoms with Crippen molar-refractivity contribution in [1.82, 2.24) is 10.3 Å². The van der Waals surface area contributed by atoms with Gasteiger partial charge in [-0.3, -0.25) is 4.79 Å². The molecule has 128 valence electrons. The van der Waals surface area contributed by atoms with E-state index in [1.54, 1.807) is 19.4 Å². The van der Waals surface area contributed by atoms with Crippen molar-refractivity contribution in [3.63, 3.8) is 0 Å². The standard InChI is InChI=1S/C19H25N3O2/c1-14(2)10-11-20-19(23)16-8-9-18(22-13-16)21-12-15-6-4-5-7-17(15)24-3/h4-9,13-14H,10-12H2,1-3H3,(H,20,23)(H,21,22). The van der Waals surface area contributed by atoms with Crippen LogP contribution in [0.3, 0.4) is 0 Å². The van der Waals surface area contributed by atoms with Crippen LogP contribution in [0.4, 0.5) is 5.82 Å². The van der Waals surface area contributed by atoms with E-state index in [0.717, 1.165) is 23.6 Å². The topological polar surface area (TPSA) is 63.2 Å². The molecule has 0 aliphatic rings. The van der Waals surface area contributed by atoms with E-state index in [9.17, 15) is 4.79 Å². The molecule has 1 heterocycles. The number of aromatic nitrogens is 1. The number of hydrogen-bond donors (Lipinski definition) is 2. The Labute approximate surface area is 143 Å². The summed E-state index contributed by atoms with van der Waals surface area (Å²) >= 11 is 0. The van der Waals surface area contributed by atoms with E-state index in [4.69, 9.17) is 4.74 Å². The number of nitrogens with one attached hydrogen (secondary N) is 2. The third-order valence-electron chi connectivity index (χ3n) is 3.69. The molecule has 2 aromatic rings. The molecule has 2 N–H and O–H groups in total. The zero-order chi connectivity index (χ0) is 17.4. The maximum atomic E-state index is 12.0. The van der Waals surface area contributed by atoms with Crippen molar-refractivity contribution < 1.29 is 9.53 Å². The molecule has 0 bridgehead atoms. The molecular formula is C19H25N3O2. The fraction of sp³-hybridized carbons (Fsp3) is 0.368. The largest absolute Gasteiger partial charge is 0.496 e. The van der Waals surface area contributed by atoms with E-state index in [1.165, 1.54) is 0 Å². The van der Waals surface area contributed by atoms with Crippen LogP contribution < -0.4 is 15.4 Å². The zero-order valence-electron chi connectivity index (χ0n) is 14.5. The van der Waals surface area contributed by atoms with Gasteiger partial charge in [-0.2, -0.15) is 0 Å². The van der Waals surface area contributed by atoms with Gasteiger partial charge in [-0.25, -0.2) is 4.98 Å². The molecule has 0 saturated heterocycles. The first-order valence-corrected chi connectivity index (χ1v) is 8.20. The van der Waals surface area contributed by atoms with E-state index >= 15 is 0 Å². The summed E-state index contributed by atoms with van der Waals surface area (Å²) in [6.45, 7) is 5.56. The molecule has 0 unspecified atom stereocenters. The molecule has 1 aromatic carbocycles. The Hall–Kier alpha value is -2.56. The van der Waals surface area contributed by atoms with E-state index in [0.29, 0.717) is 24.6 Å². The summed E-state index contributed by atoms with van der Waals surface area (Å²) < 4.78 is 5.33. The summed E-state index contributed by atoms with van der Waals surface area (Å²) in [6.07, 6.45) is 2.56. The van der Waals surface area contributed by atoms with Gasteiger partial charge in [0.25, 0.3) is 5.91 Å². The molecule has 0 spiro atoms. The van der Waals surface area contributed by atoms with Crippen molar-refractivity contribution in [3.8, 4) is 5.75 Å². The van der Waals surface area contributed by atoms with Crippen molar-refractivity contribution in [2.75, 3.05) is 19.0 Å². The smallest absolute Gasteiger partial charge is 0.252 e. The number of carbonyl (C=O) groups is 1. The van der Waals surface area contributed by atoms with Gasteiger partial charge in [0.1, 0.15) is 11.6 Å². The Morgan fingerprint density at radius 1 is 1.21 bits per heavy atom. The third kappa shape index (κ3) is 5.26. The number of para-hydroxylation sites is 1. The van der Waals surface area contributed by atoms with Crippen LogP contribution in [-0.4, -0.2) is 24.5 Å². The van der Waals surface area contributed by atoms with Gasteiger partial charge in [0.15, 0.2) is 0 Å². The van der Waals surface area contributed by atoms with Crippen LogP contribution in [0.15, 0.2) is 42.6 Å². The number of ether oxygens (including phenoxy) is 1. The molecule has 0 aliphatic carbocycles. The summed E-state index contributed by atoms with van der Waals surface area (Å²) in [5.41, 5.74) is 1.62. The van der Waals surface area contributed by atoms with Crippen molar-refractivity contribution >= 4 is 11.7 Å². The summed E-state index contributed by atoms with van der Waals surface area (Å²) in [5.74, 6) is 2.05. The molecule has 1 aromatic heterocycles. The highest BCUT2D eigenvalue weighted by Crippen LogP contribution is 2.18. The number of nitrogens with zero attached hydrogens (tertiary/aromatic N) is 1. The molecule has 0 saturated carbocycles.